The maximum absolute atomic E-state index is 6.07. The number of ether oxygens (including phenoxy) is 1. The first-order chi connectivity index (χ1) is 10.8. The van der Waals surface area contributed by atoms with Crippen LogP contribution < -0.4 is 5.73 Å². The van der Waals surface area contributed by atoms with Crippen LogP contribution in [0.5, 0.6) is 0 Å². The van der Waals surface area contributed by atoms with Gasteiger partial charge in [0.2, 0.25) is 0 Å². The van der Waals surface area contributed by atoms with Crippen LogP contribution in [0.1, 0.15) is 31.2 Å². The van der Waals surface area contributed by atoms with Crippen LogP contribution in [0.4, 0.5) is 5.82 Å². The number of nitrogens with zero attached hydrogens (tertiary/aromatic N) is 3. The molecule has 3 heterocycles. The van der Waals surface area contributed by atoms with Crippen molar-refractivity contribution in [2.75, 3.05) is 45.1 Å². The quantitative estimate of drug-likeness (QED) is 0.918. The van der Waals surface area contributed by atoms with E-state index in [9.17, 15) is 0 Å². The Balaban J connectivity index is 1.56. The standard InChI is InChI=1S/C17H28N4O/c18-17-15(6-4-7-19-17)12-21-10-5-11-22-16(14-21)13-20-8-2-1-3-9-20/h4,6-7,16H,1-3,5,8-14H2,(H2,18,19)/t16-/m0/s1. The molecule has 122 valence electrons. The lowest BCUT2D eigenvalue weighted by Gasteiger charge is -2.31. The molecular formula is C17H28N4O. The maximum Gasteiger partial charge on any atom is 0.127 e. The van der Waals surface area contributed by atoms with Crippen LogP contribution in [0.25, 0.3) is 0 Å². The van der Waals surface area contributed by atoms with Crippen molar-refractivity contribution in [2.45, 2.75) is 38.3 Å². The summed E-state index contributed by atoms with van der Waals surface area (Å²) in [4.78, 5) is 9.23. The van der Waals surface area contributed by atoms with E-state index in [4.69, 9.17) is 10.5 Å². The first-order valence-electron chi connectivity index (χ1n) is 8.57. The van der Waals surface area contributed by atoms with Crippen molar-refractivity contribution in [1.82, 2.24) is 14.8 Å². The molecule has 0 unspecified atom stereocenters. The number of hydrogen-bond donors (Lipinski definition) is 1. The molecule has 1 atom stereocenters. The predicted molar refractivity (Wildman–Crippen MR) is 88.6 cm³/mol. The molecule has 2 aliphatic rings. The molecule has 2 saturated heterocycles. The van der Waals surface area contributed by atoms with Crippen molar-refractivity contribution < 1.29 is 4.74 Å². The van der Waals surface area contributed by atoms with Gasteiger partial charge < -0.3 is 15.4 Å². The van der Waals surface area contributed by atoms with Crippen LogP contribution in [0.15, 0.2) is 18.3 Å². The van der Waals surface area contributed by atoms with Crippen molar-refractivity contribution in [1.29, 1.82) is 0 Å². The van der Waals surface area contributed by atoms with Gasteiger partial charge in [-0.1, -0.05) is 12.5 Å². The highest BCUT2D eigenvalue weighted by Gasteiger charge is 2.22. The van der Waals surface area contributed by atoms with Gasteiger partial charge in [0.25, 0.3) is 0 Å². The van der Waals surface area contributed by atoms with E-state index in [0.717, 1.165) is 44.8 Å². The third-order valence-corrected chi connectivity index (χ3v) is 4.66. The molecule has 5 heteroatoms. The van der Waals surface area contributed by atoms with E-state index in [-0.39, 0.29) is 0 Å². The number of likely N-dealkylation sites (tertiary alicyclic amines) is 1. The van der Waals surface area contributed by atoms with Crippen LogP contribution in [-0.4, -0.2) is 60.2 Å². The largest absolute Gasteiger partial charge is 0.383 e. The molecule has 0 spiro atoms. The number of nitrogens with two attached hydrogens (primary N) is 1. The van der Waals surface area contributed by atoms with Crippen LogP contribution in [0, 0.1) is 0 Å². The van der Waals surface area contributed by atoms with Crippen LogP contribution >= 0.6 is 0 Å². The first kappa shape index (κ1) is 15.7. The van der Waals surface area contributed by atoms with Crippen molar-refractivity contribution in [2.24, 2.45) is 0 Å². The molecule has 1 aromatic heterocycles. The Hall–Kier alpha value is -1.17. The van der Waals surface area contributed by atoms with Gasteiger partial charge in [-0.15, -0.1) is 0 Å². The molecule has 3 rings (SSSR count). The highest BCUT2D eigenvalue weighted by Crippen LogP contribution is 2.16. The molecule has 1 aromatic rings. The van der Waals surface area contributed by atoms with Crippen LogP contribution in [0.3, 0.4) is 0 Å². The molecule has 0 aliphatic carbocycles. The smallest absolute Gasteiger partial charge is 0.127 e. The molecular weight excluding hydrogens is 276 g/mol. The summed E-state index contributed by atoms with van der Waals surface area (Å²) < 4.78 is 6.07. The zero-order valence-corrected chi connectivity index (χ0v) is 13.4. The second-order valence-electron chi connectivity index (χ2n) is 6.49. The lowest BCUT2D eigenvalue weighted by Crippen LogP contribution is -2.42. The third kappa shape index (κ3) is 4.41. The number of anilines is 1. The van der Waals surface area contributed by atoms with Gasteiger partial charge in [-0.3, -0.25) is 4.90 Å². The number of piperidine rings is 1. The molecule has 2 aliphatic heterocycles. The minimum Gasteiger partial charge on any atom is -0.383 e. The van der Waals surface area contributed by atoms with Crippen molar-refractivity contribution in [3.63, 3.8) is 0 Å². The molecule has 0 radical (unpaired) electrons. The van der Waals surface area contributed by atoms with Crippen LogP contribution in [-0.2, 0) is 11.3 Å². The normalized spacial score (nSPS) is 25.0. The summed E-state index contributed by atoms with van der Waals surface area (Å²) in [5.41, 5.74) is 7.11. The Bertz CT molecular complexity index is 462. The average Bonchev–Trinajstić information content (AvgIpc) is 2.76. The zero-order valence-electron chi connectivity index (χ0n) is 13.4. The molecule has 0 saturated carbocycles. The van der Waals surface area contributed by atoms with Crippen molar-refractivity contribution >= 4 is 5.82 Å². The highest BCUT2D eigenvalue weighted by molar-refractivity contribution is 5.38. The highest BCUT2D eigenvalue weighted by atomic mass is 16.5. The minimum absolute atomic E-state index is 0.318. The van der Waals surface area contributed by atoms with Crippen molar-refractivity contribution in [3.8, 4) is 0 Å². The fourth-order valence-corrected chi connectivity index (χ4v) is 3.48. The lowest BCUT2D eigenvalue weighted by molar-refractivity contribution is 0.0217. The number of aromatic nitrogens is 1. The van der Waals surface area contributed by atoms with E-state index in [0.29, 0.717) is 11.9 Å². The van der Waals surface area contributed by atoms with Gasteiger partial charge >= 0.3 is 0 Å². The van der Waals surface area contributed by atoms with E-state index in [2.05, 4.69) is 20.9 Å². The molecule has 0 amide bonds. The topological polar surface area (TPSA) is 54.6 Å². The fraction of sp³-hybridized carbons (Fsp3) is 0.706. The average molecular weight is 304 g/mol. The molecule has 22 heavy (non-hydrogen) atoms. The van der Waals surface area contributed by atoms with Crippen molar-refractivity contribution in [3.05, 3.63) is 23.9 Å². The second-order valence-corrected chi connectivity index (χ2v) is 6.49. The monoisotopic (exact) mass is 304 g/mol. The second kappa shape index (κ2) is 7.90. The van der Waals surface area contributed by atoms with E-state index in [1.54, 1.807) is 6.20 Å². The number of pyridine rings is 1. The molecule has 2 N–H and O–H groups in total. The summed E-state index contributed by atoms with van der Waals surface area (Å²) in [6.45, 7) is 7.34. The summed E-state index contributed by atoms with van der Waals surface area (Å²) in [5, 5.41) is 0. The van der Waals surface area contributed by atoms with Gasteiger partial charge in [-0.05, 0) is 38.4 Å². The van der Waals surface area contributed by atoms with Gasteiger partial charge in [-0.2, -0.15) is 0 Å². The number of nitrogen functional groups attached to an aromatic ring is 1. The van der Waals surface area contributed by atoms with E-state index < -0.39 is 0 Å². The van der Waals surface area contributed by atoms with Gasteiger partial charge in [0.05, 0.1) is 6.10 Å². The van der Waals surface area contributed by atoms with Gasteiger partial charge in [-0.25, -0.2) is 4.98 Å². The van der Waals surface area contributed by atoms with Crippen LogP contribution in [0.2, 0.25) is 0 Å². The zero-order chi connectivity index (χ0) is 15.2. The first-order valence-corrected chi connectivity index (χ1v) is 8.57. The predicted octanol–water partition coefficient (Wildman–Crippen LogP) is 1.74. The SMILES string of the molecule is Nc1ncccc1CN1CCCO[C@@H](CN2CCCCC2)C1. The summed E-state index contributed by atoms with van der Waals surface area (Å²) in [7, 11) is 0. The molecule has 2 fully saturated rings. The molecule has 5 nitrogen and oxygen atoms in total. The summed E-state index contributed by atoms with van der Waals surface area (Å²) in [5.74, 6) is 0.653. The third-order valence-electron chi connectivity index (χ3n) is 4.66. The lowest BCUT2D eigenvalue weighted by atomic mass is 10.1. The van der Waals surface area contributed by atoms with E-state index in [1.165, 1.54) is 32.4 Å². The van der Waals surface area contributed by atoms with E-state index in [1.807, 2.05) is 6.07 Å². The Morgan fingerprint density at radius 1 is 1.14 bits per heavy atom. The van der Waals surface area contributed by atoms with Gasteiger partial charge in [0.15, 0.2) is 0 Å². The summed E-state index contributed by atoms with van der Waals surface area (Å²) in [6, 6.07) is 4.04. The summed E-state index contributed by atoms with van der Waals surface area (Å²) in [6.07, 6.45) is 7.22. The fourth-order valence-electron chi connectivity index (χ4n) is 3.48. The summed E-state index contributed by atoms with van der Waals surface area (Å²) >= 11 is 0. The Morgan fingerprint density at radius 3 is 2.77 bits per heavy atom. The Labute approximate surface area is 133 Å². The van der Waals surface area contributed by atoms with Gasteiger partial charge in [0.1, 0.15) is 5.82 Å². The minimum atomic E-state index is 0.318. The maximum atomic E-state index is 6.07. The molecule has 0 aromatic carbocycles. The van der Waals surface area contributed by atoms with E-state index >= 15 is 0 Å². The molecule has 0 bridgehead atoms. The van der Waals surface area contributed by atoms with Gasteiger partial charge in [0, 0.05) is 44.5 Å². The Morgan fingerprint density at radius 2 is 1.95 bits per heavy atom. The number of hydrogen-bond acceptors (Lipinski definition) is 5. The Kier molecular flexibility index (Phi) is 5.64. The number of rotatable bonds is 4.